The fraction of sp³-hybridized carbons (Fsp3) is 0.381. The van der Waals surface area contributed by atoms with Gasteiger partial charge in [0.15, 0.2) is 0 Å². The topological polar surface area (TPSA) is 197 Å². The fourth-order valence-electron chi connectivity index (χ4n) is 3.67. The van der Waals surface area contributed by atoms with Crippen molar-refractivity contribution in [2.45, 2.75) is 31.2 Å². The summed E-state index contributed by atoms with van der Waals surface area (Å²) < 4.78 is 0. The number of thiophene rings is 1. The molecule has 2 atom stereocenters. The lowest BCUT2D eigenvalue weighted by Crippen LogP contribution is -2.40. The van der Waals surface area contributed by atoms with Crippen molar-refractivity contribution in [3.05, 3.63) is 22.6 Å². The molecule has 0 radical (unpaired) electrons. The summed E-state index contributed by atoms with van der Waals surface area (Å²) in [7, 11) is 0. The first-order valence-electron chi connectivity index (χ1n) is 10.4. The maximum Gasteiger partial charge on any atom is 0.326 e. The Balaban J connectivity index is 1.66. The number of hydrogen-bond acceptors (Lipinski definition) is 10. The Morgan fingerprint density at radius 1 is 1.32 bits per heavy atom. The van der Waals surface area contributed by atoms with Crippen LogP contribution in [0.25, 0.3) is 0 Å². The number of terminal acetylenes is 1. The zero-order valence-electron chi connectivity index (χ0n) is 18.2. The second-order valence-corrected chi connectivity index (χ2v) is 8.72. The van der Waals surface area contributed by atoms with E-state index < -0.39 is 23.9 Å². The van der Waals surface area contributed by atoms with E-state index in [4.69, 9.17) is 23.0 Å². The van der Waals surface area contributed by atoms with E-state index in [0.29, 0.717) is 42.6 Å². The van der Waals surface area contributed by atoms with E-state index >= 15 is 0 Å². The third-order valence-corrected chi connectivity index (χ3v) is 6.47. The van der Waals surface area contributed by atoms with Crippen LogP contribution in [0.3, 0.4) is 0 Å². The monoisotopic (exact) mass is 487 g/mol. The molecule has 3 heterocycles. The highest BCUT2D eigenvalue weighted by Gasteiger charge is 2.28. The van der Waals surface area contributed by atoms with Gasteiger partial charge in [0.1, 0.15) is 17.7 Å². The lowest BCUT2D eigenvalue weighted by Gasteiger charge is -2.22. The molecule has 0 aliphatic carbocycles. The van der Waals surface area contributed by atoms with Crippen LogP contribution in [0.1, 0.15) is 40.4 Å². The molecule has 0 saturated carbocycles. The van der Waals surface area contributed by atoms with Crippen LogP contribution in [0.5, 0.6) is 0 Å². The number of rotatable bonds is 11. The Morgan fingerprint density at radius 3 is 2.76 bits per heavy atom. The summed E-state index contributed by atoms with van der Waals surface area (Å²) in [4.78, 5) is 45.1. The van der Waals surface area contributed by atoms with Gasteiger partial charge in [-0.05, 0) is 25.0 Å². The van der Waals surface area contributed by atoms with Crippen LogP contribution in [-0.4, -0.2) is 63.7 Å². The first kappa shape index (κ1) is 24.6. The Hall–Kier alpha value is -4.05. The summed E-state index contributed by atoms with van der Waals surface area (Å²) in [6.45, 7) is 1.50. The second kappa shape index (κ2) is 10.7. The van der Waals surface area contributed by atoms with Crippen LogP contribution >= 0.6 is 11.3 Å². The number of nitrogens with zero attached hydrogens (tertiary/aromatic N) is 3. The first-order chi connectivity index (χ1) is 16.2. The highest BCUT2D eigenvalue weighted by molar-refractivity contribution is 7.18. The summed E-state index contributed by atoms with van der Waals surface area (Å²) in [5.74, 6) is 0.720. The standard InChI is InChI=1S/C21H25N7O5S/c1-2-8-28(9-7-11-10-24-18-16(11)17(22)26-21(23)27-18)14-5-4-13(34-14)19(31)25-12(20(32)33)3-6-15(29)30/h1,4-5,11-12H,3,6-10H2,(H,25,31)(H,29,30)(H,32,33)(H5,22,23,24,26,27)/t11?,12-/m0/s1. The van der Waals surface area contributed by atoms with Crippen LogP contribution in [0.4, 0.5) is 22.6 Å². The van der Waals surface area contributed by atoms with E-state index in [1.54, 1.807) is 12.1 Å². The van der Waals surface area contributed by atoms with Gasteiger partial charge in [-0.25, -0.2) is 4.79 Å². The van der Waals surface area contributed by atoms with Crippen molar-refractivity contribution >= 4 is 51.8 Å². The van der Waals surface area contributed by atoms with Gasteiger partial charge >= 0.3 is 11.9 Å². The molecule has 0 spiro atoms. The lowest BCUT2D eigenvalue weighted by atomic mass is 9.99. The Kier molecular flexibility index (Phi) is 7.75. The molecule has 180 valence electrons. The SMILES string of the molecule is C#CCN(CCC1CNc2nc(N)nc(N)c21)c1ccc(C(=O)N[C@@H](CCC(=O)O)C(=O)O)s1. The molecule has 13 heteroatoms. The van der Waals surface area contributed by atoms with Gasteiger partial charge in [0.05, 0.1) is 16.4 Å². The minimum Gasteiger partial charge on any atom is -0.481 e. The van der Waals surface area contributed by atoms with Gasteiger partial charge in [0.2, 0.25) is 5.95 Å². The number of anilines is 4. The average molecular weight is 488 g/mol. The molecule has 1 amide bonds. The summed E-state index contributed by atoms with van der Waals surface area (Å²) in [5.41, 5.74) is 12.5. The van der Waals surface area contributed by atoms with Crippen molar-refractivity contribution in [3.63, 3.8) is 0 Å². The molecule has 0 aromatic carbocycles. The number of carbonyl (C=O) groups excluding carboxylic acids is 1. The van der Waals surface area contributed by atoms with Crippen molar-refractivity contribution < 1.29 is 24.6 Å². The van der Waals surface area contributed by atoms with E-state index in [9.17, 15) is 19.5 Å². The van der Waals surface area contributed by atoms with Crippen molar-refractivity contribution in [2.24, 2.45) is 0 Å². The van der Waals surface area contributed by atoms with Crippen LogP contribution < -0.4 is 27.0 Å². The number of nitrogens with one attached hydrogen (secondary N) is 2. The fourth-order valence-corrected chi connectivity index (χ4v) is 4.61. The number of hydrogen-bond donors (Lipinski definition) is 6. The van der Waals surface area contributed by atoms with Crippen LogP contribution in [0.15, 0.2) is 12.1 Å². The molecule has 0 bridgehead atoms. The molecule has 0 fully saturated rings. The quantitative estimate of drug-likeness (QED) is 0.245. The van der Waals surface area contributed by atoms with Gasteiger partial charge in [-0.2, -0.15) is 9.97 Å². The molecule has 1 aliphatic rings. The van der Waals surface area contributed by atoms with Crippen LogP contribution in [0, 0.1) is 12.3 Å². The largest absolute Gasteiger partial charge is 0.481 e. The molecule has 2 aromatic rings. The van der Waals surface area contributed by atoms with Crippen LogP contribution in [-0.2, 0) is 9.59 Å². The molecule has 34 heavy (non-hydrogen) atoms. The number of carboxylic acids is 2. The Bertz CT molecular complexity index is 1130. The molecule has 1 aliphatic heterocycles. The van der Waals surface area contributed by atoms with Crippen molar-refractivity contribution in [1.29, 1.82) is 0 Å². The number of nitrogen functional groups attached to an aromatic ring is 2. The maximum absolute atomic E-state index is 12.6. The number of amides is 1. The third kappa shape index (κ3) is 5.84. The van der Waals surface area contributed by atoms with Gasteiger partial charge < -0.3 is 37.2 Å². The number of carboxylic acid groups (broad SMARTS) is 2. The number of aliphatic carboxylic acids is 2. The predicted molar refractivity (Wildman–Crippen MR) is 128 cm³/mol. The number of aromatic nitrogens is 2. The minimum atomic E-state index is -1.30. The maximum atomic E-state index is 12.6. The summed E-state index contributed by atoms with van der Waals surface area (Å²) in [5, 5.41) is 24.3. The van der Waals surface area contributed by atoms with Gasteiger partial charge in [-0.1, -0.05) is 5.92 Å². The predicted octanol–water partition coefficient (Wildman–Crippen LogP) is 0.789. The van der Waals surface area contributed by atoms with E-state index in [2.05, 4.69) is 26.5 Å². The van der Waals surface area contributed by atoms with Gasteiger partial charge in [0, 0.05) is 31.0 Å². The zero-order valence-corrected chi connectivity index (χ0v) is 19.0. The normalized spacial score (nSPS) is 15.0. The highest BCUT2D eigenvalue weighted by Crippen LogP contribution is 2.37. The molecule has 0 saturated heterocycles. The zero-order chi connectivity index (χ0) is 24.8. The molecular weight excluding hydrogens is 462 g/mol. The lowest BCUT2D eigenvalue weighted by molar-refractivity contribution is -0.140. The summed E-state index contributed by atoms with van der Waals surface area (Å²) >= 11 is 1.17. The molecule has 3 rings (SSSR count). The number of carbonyl (C=O) groups is 3. The molecule has 2 aromatic heterocycles. The molecular formula is C21H25N7O5S. The number of nitrogens with two attached hydrogens (primary N) is 2. The first-order valence-corrected chi connectivity index (χ1v) is 11.2. The van der Waals surface area contributed by atoms with E-state index in [1.807, 2.05) is 4.90 Å². The van der Waals surface area contributed by atoms with Crippen LogP contribution in [0.2, 0.25) is 0 Å². The Labute approximate surface area is 199 Å². The van der Waals surface area contributed by atoms with Crippen molar-refractivity contribution in [2.75, 3.05) is 41.3 Å². The minimum absolute atomic E-state index is 0.0594. The smallest absolute Gasteiger partial charge is 0.326 e. The third-order valence-electron chi connectivity index (χ3n) is 5.32. The van der Waals surface area contributed by atoms with E-state index in [1.165, 1.54) is 11.3 Å². The Morgan fingerprint density at radius 2 is 2.09 bits per heavy atom. The highest BCUT2D eigenvalue weighted by atomic mass is 32.1. The second-order valence-electron chi connectivity index (χ2n) is 7.66. The van der Waals surface area contributed by atoms with E-state index in [-0.39, 0.29) is 24.7 Å². The van der Waals surface area contributed by atoms with Crippen molar-refractivity contribution in [1.82, 2.24) is 15.3 Å². The average Bonchev–Trinajstić information content (AvgIpc) is 3.41. The molecule has 1 unspecified atom stereocenters. The van der Waals surface area contributed by atoms with Gasteiger partial charge in [-0.3, -0.25) is 9.59 Å². The molecule has 12 nitrogen and oxygen atoms in total. The van der Waals surface area contributed by atoms with E-state index in [0.717, 1.165) is 10.6 Å². The van der Waals surface area contributed by atoms with Crippen molar-refractivity contribution in [3.8, 4) is 12.3 Å². The van der Waals surface area contributed by atoms with Gasteiger partial charge in [-0.15, -0.1) is 17.8 Å². The summed E-state index contributed by atoms with van der Waals surface area (Å²) in [6.07, 6.45) is 5.65. The number of fused-ring (bicyclic) bond motifs is 1. The van der Waals surface area contributed by atoms with Gasteiger partial charge in [0.25, 0.3) is 5.91 Å². The molecule has 8 N–H and O–H groups in total. The summed E-state index contributed by atoms with van der Waals surface area (Å²) in [6, 6.07) is 2.02.